The molecule has 0 aliphatic heterocycles. The van der Waals surface area contributed by atoms with E-state index < -0.39 is 5.97 Å². The van der Waals surface area contributed by atoms with Crippen LogP contribution in [0.4, 0.5) is 0 Å². The van der Waals surface area contributed by atoms with Gasteiger partial charge >= 0.3 is 5.97 Å². The van der Waals surface area contributed by atoms with Gasteiger partial charge in [-0.25, -0.2) is 0 Å². The summed E-state index contributed by atoms with van der Waals surface area (Å²) in [7, 11) is 0. The number of unbranched alkanes of at least 4 members (excludes halogenated alkanes) is 31. The highest BCUT2D eigenvalue weighted by molar-refractivity contribution is 5.66. The number of hydrogen-bond donors (Lipinski definition) is 1. The molecule has 0 heterocycles. The third kappa shape index (κ3) is 47.6. The van der Waals surface area contributed by atoms with Gasteiger partial charge in [0.2, 0.25) is 0 Å². The summed E-state index contributed by atoms with van der Waals surface area (Å²) in [5.41, 5.74) is 0. The lowest BCUT2D eigenvalue weighted by Crippen LogP contribution is -2.26. The van der Waals surface area contributed by atoms with Crippen molar-refractivity contribution in [2.24, 2.45) is 0 Å². The molecule has 0 saturated carbocycles. The van der Waals surface area contributed by atoms with E-state index in [0.29, 0.717) is 6.42 Å². The summed E-state index contributed by atoms with van der Waals surface area (Å²) in [6, 6.07) is 0. The second-order valence-corrected chi connectivity index (χ2v) is 14.9. The Labute approximate surface area is 298 Å². The van der Waals surface area contributed by atoms with Crippen LogP contribution in [-0.2, 0) is 4.79 Å². The molecule has 0 aromatic rings. The Morgan fingerprint density at radius 2 is 0.553 bits per heavy atom. The van der Waals surface area contributed by atoms with E-state index in [1.54, 1.807) is 0 Å². The molecule has 0 unspecified atom stereocenters. The SMILES string of the molecule is CCCCCCCCCCCCCCCCCC(=O)O.CCCCCCCCCCCCCCCCCCCCN(CCC)CCC. The maximum atomic E-state index is 10.3. The monoisotopic (exact) mass is 666 g/mol. The van der Waals surface area contributed by atoms with Crippen LogP contribution in [0.5, 0.6) is 0 Å². The number of aliphatic carboxylic acids is 1. The highest BCUT2D eigenvalue weighted by Crippen LogP contribution is 2.15. The molecule has 0 rings (SSSR count). The van der Waals surface area contributed by atoms with E-state index in [9.17, 15) is 4.79 Å². The molecule has 3 heteroatoms. The van der Waals surface area contributed by atoms with Crippen molar-refractivity contribution in [3.63, 3.8) is 0 Å². The number of carbonyl (C=O) groups is 1. The predicted molar refractivity (Wildman–Crippen MR) is 213 cm³/mol. The molecule has 0 aromatic carbocycles. The van der Waals surface area contributed by atoms with E-state index in [-0.39, 0.29) is 0 Å². The third-order valence-corrected chi connectivity index (χ3v) is 9.90. The summed E-state index contributed by atoms with van der Waals surface area (Å²) >= 11 is 0. The average Bonchev–Trinajstić information content (AvgIpc) is 3.06. The van der Waals surface area contributed by atoms with E-state index in [2.05, 4.69) is 32.6 Å². The number of carboxylic acids is 1. The molecule has 0 aromatic heterocycles. The van der Waals surface area contributed by atoms with Crippen LogP contribution in [-0.4, -0.2) is 35.6 Å². The average molecular weight is 666 g/mol. The summed E-state index contributed by atoms with van der Waals surface area (Å²) in [5.74, 6) is -0.653. The smallest absolute Gasteiger partial charge is 0.303 e. The Balaban J connectivity index is 0. The van der Waals surface area contributed by atoms with Gasteiger partial charge in [0, 0.05) is 6.42 Å². The zero-order valence-electron chi connectivity index (χ0n) is 33.4. The van der Waals surface area contributed by atoms with E-state index >= 15 is 0 Å². The van der Waals surface area contributed by atoms with Crippen molar-refractivity contribution in [1.82, 2.24) is 4.90 Å². The zero-order chi connectivity index (χ0) is 34.7. The first-order valence-corrected chi connectivity index (χ1v) is 22.1. The number of nitrogens with zero attached hydrogens (tertiary/aromatic N) is 1. The normalized spacial score (nSPS) is 11.3. The summed E-state index contributed by atoms with van der Waals surface area (Å²) in [6.07, 6.45) is 49.2. The summed E-state index contributed by atoms with van der Waals surface area (Å²) in [6.45, 7) is 13.1. The van der Waals surface area contributed by atoms with Gasteiger partial charge in [0.1, 0.15) is 0 Å². The Morgan fingerprint density at radius 1 is 0.319 bits per heavy atom. The maximum absolute atomic E-state index is 10.3. The van der Waals surface area contributed by atoms with Gasteiger partial charge in [0.25, 0.3) is 0 Å². The fourth-order valence-corrected chi connectivity index (χ4v) is 6.85. The van der Waals surface area contributed by atoms with Crippen LogP contribution in [0.15, 0.2) is 0 Å². The van der Waals surface area contributed by atoms with E-state index in [1.807, 2.05) is 0 Å². The van der Waals surface area contributed by atoms with E-state index in [4.69, 9.17) is 5.11 Å². The van der Waals surface area contributed by atoms with Crippen molar-refractivity contribution < 1.29 is 9.90 Å². The van der Waals surface area contributed by atoms with Gasteiger partial charge in [-0.15, -0.1) is 0 Å². The van der Waals surface area contributed by atoms with Crippen molar-refractivity contribution in [2.45, 2.75) is 259 Å². The molecule has 0 aliphatic rings. The van der Waals surface area contributed by atoms with Crippen molar-refractivity contribution in [1.29, 1.82) is 0 Å². The van der Waals surface area contributed by atoms with Crippen LogP contribution in [0.3, 0.4) is 0 Å². The maximum Gasteiger partial charge on any atom is 0.303 e. The van der Waals surface area contributed by atoms with E-state index in [0.717, 1.165) is 12.8 Å². The van der Waals surface area contributed by atoms with Gasteiger partial charge in [0.05, 0.1) is 0 Å². The minimum atomic E-state index is -0.653. The Kier molecular flexibility index (Phi) is 46.9. The van der Waals surface area contributed by atoms with Gasteiger partial charge in [-0.1, -0.05) is 227 Å². The summed E-state index contributed by atoms with van der Waals surface area (Å²) < 4.78 is 0. The fourth-order valence-electron chi connectivity index (χ4n) is 6.85. The second-order valence-electron chi connectivity index (χ2n) is 14.9. The lowest BCUT2D eigenvalue weighted by molar-refractivity contribution is -0.137. The van der Waals surface area contributed by atoms with Gasteiger partial charge in [-0.3, -0.25) is 4.79 Å². The molecule has 0 radical (unpaired) electrons. The summed E-state index contributed by atoms with van der Waals surface area (Å²) in [5, 5.41) is 8.52. The second kappa shape index (κ2) is 45.4. The van der Waals surface area contributed by atoms with Gasteiger partial charge in [-0.2, -0.15) is 0 Å². The molecule has 0 bridgehead atoms. The minimum absolute atomic E-state index is 0.345. The molecule has 0 amide bonds. The first kappa shape index (κ1) is 48.5. The molecular formula is C44H91NO2. The van der Waals surface area contributed by atoms with Crippen LogP contribution >= 0.6 is 0 Å². The number of carboxylic acid groups (broad SMARTS) is 1. The minimum Gasteiger partial charge on any atom is -0.481 e. The van der Waals surface area contributed by atoms with Crippen LogP contribution in [0.2, 0.25) is 0 Å². The largest absolute Gasteiger partial charge is 0.481 e. The first-order chi connectivity index (χ1) is 23.1. The fraction of sp³-hybridized carbons (Fsp3) is 0.977. The van der Waals surface area contributed by atoms with Crippen molar-refractivity contribution in [2.75, 3.05) is 19.6 Å². The van der Waals surface area contributed by atoms with Crippen LogP contribution in [0, 0.1) is 0 Å². The quantitative estimate of drug-likeness (QED) is 0.0664. The third-order valence-electron chi connectivity index (χ3n) is 9.90. The molecule has 0 aliphatic carbocycles. The Hall–Kier alpha value is -0.570. The molecule has 0 fully saturated rings. The number of rotatable bonds is 39. The van der Waals surface area contributed by atoms with Crippen molar-refractivity contribution in [3.8, 4) is 0 Å². The van der Waals surface area contributed by atoms with Crippen LogP contribution in [0.25, 0.3) is 0 Å². The van der Waals surface area contributed by atoms with Crippen LogP contribution < -0.4 is 0 Å². The molecule has 0 saturated heterocycles. The van der Waals surface area contributed by atoms with Crippen molar-refractivity contribution in [3.05, 3.63) is 0 Å². The topological polar surface area (TPSA) is 40.5 Å². The Morgan fingerprint density at radius 3 is 0.787 bits per heavy atom. The first-order valence-electron chi connectivity index (χ1n) is 22.1. The molecule has 1 N–H and O–H groups in total. The standard InChI is InChI=1S/C26H55N.C18H36O2/c1-4-7-8-9-10-11-12-13-14-15-16-17-18-19-20-21-22-23-26-27(24-5-2)25-6-3;1-2-3-4-5-6-7-8-9-10-11-12-13-14-15-16-17-18(19)20/h4-26H2,1-3H3;2-17H2,1H3,(H,19,20). The molecular weight excluding hydrogens is 574 g/mol. The van der Waals surface area contributed by atoms with Crippen molar-refractivity contribution >= 4 is 5.97 Å². The van der Waals surface area contributed by atoms with Crippen LogP contribution in [0.1, 0.15) is 259 Å². The molecule has 0 spiro atoms. The van der Waals surface area contributed by atoms with Gasteiger partial charge in [-0.05, 0) is 45.3 Å². The zero-order valence-corrected chi connectivity index (χ0v) is 33.4. The highest BCUT2D eigenvalue weighted by Gasteiger charge is 2.02. The lowest BCUT2D eigenvalue weighted by atomic mass is 10.0. The lowest BCUT2D eigenvalue weighted by Gasteiger charge is -2.20. The molecule has 0 atom stereocenters. The Bertz CT molecular complexity index is 545. The van der Waals surface area contributed by atoms with E-state index in [1.165, 1.54) is 232 Å². The molecule has 3 nitrogen and oxygen atoms in total. The highest BCUT2D eigenvalue weighted by atomic mass is 16.4. The number of hydrogen-bond acceptors (Lipinski definition) is 2. The molecule has 47 heavy (non-hydrogen) atoms. The molecule has 284 valence electrons. The predicted octanol–water partition coefficient (Wildman–Crippen LogP) is 15.5. The van der Waals surface area contributed by atoms with Gasteiger partial charge < -0.3 is 10.0 Å². The summed E-state index contributed by atoms with van der Waals surface area (Å²) in [4.78, 5) is 13.0. The van der Waals surface area contributed by atoms with Gasteiger partial charge in [0.15, 0.2) is 0 Å².